The summed E-state index contributed by atoms with van der Waals surface area (Å²) in [6.45, 7) is 32.9. The van der Waals surface area contributed by atoms with Crippen LogP contribution in [-0.2, 0) is 0 Å². The van der Waals surface area contributed by atoms with Gasteiger partial charge in [0.1, 0.15) is 0 Å². The lowest BCUT2D eigenvalue weighted by Crippen LogP contribution is -2.56. The lowest BCUT2D eigenvalue weighted by atomic mass is 10.1. The van der Waals surface area contributed by atoms with E-state index in [1.54, 1.807) is 0 Å². The molecule has 0 aromatic heterocycles. The van der Waals surface area contributed by atoms with Crippen molar-refractivity contribution in [1.82, 2.24) is 9.80 Å². The minimum absolute atomic E-state index is 1.28. The summed E-state index contributed by atoms with van der Waals surface area (Å²) in [5.41, 5.74) is 0. The largest absolute Gasteiger partial charge is 0.323 e. The van der Waals surface area contributed by atoms with Gasteiger partial charge in [-0.25, -0.2) is 0 Å². The van der Waals surface area contributed by atoms with Gasteiger partial charge in [0.2, 0.25) is 0 Å². The minimum Gasteiger partial charge on any atom is -0.323 e. The van der Waals surface area contributed by atoms with Crippen molar-refractivity contribution in [3.63, 3.8) is 0 Å². The van der Waals surface area contributed by atoms with Gasteiger partial charge >= 0.3 is 0 Å². The van der Waals surface area contributed by atoms with Crippen molar-refractivity contribution in [1.29, 1.82) is 0 Å². The van der Waals surface area contributed by atoms with Crippen LogP contribution in [0.1, 0.15) is 170 Å². The molecule has 0 aromatic carbocycles. The molecule has 0 aliphatic carbocycles. The number of nitrogens with zero attached hydrogens (tertiary/aromatic N) is 4. The van der Waals surface area contributed by atoms with Gasteiger partial charge < -0.3 is 8.97 Å². The number of unbranched alkanes of at least 4 members (excludes halogenated alkanes) is 18. The van der Waals surface area contributed by atoms with Crippen LogP contribution in [0, 0.1) is 0 Å². The highest BCUT2D eigenvalue weighted by atomic mass is 15.4. The van der Waals surface area contributed by atoms with E-state index in [0.29, 0.717) is 0 Å². The molecular formula is C40H86N4+2. The van der Waals surface area contributed by atoms with Gasteiger partial charge in [0.05, 0.1) is 52.4 Å². The summed E-state index contributed by atoms with van der Waals surface area (Å²) in [7, 11) is 0. The van der Waals surface area contributed by atoms with Crippen molar-refractivity contribution in [2.24, 2.45) is 0 Å². The Bertz CT molecular complexity index is 540. The van der Waals surface area contributed by atoms with E-state index in [1.807, 2.05) is 0 Å². The van der Waals surface area contributed by atoms with Crippen molar-refractivity contribution in [3.8, 4) is 0 Å². The number of quaternary nitrogens is 2. The predicted molar refractivity (Wildman–Crippen MR) is 199 cm³/mol. The quantitative estimate of drug-likeness (QED) is 0.0544. The average molecular weight is 623 g/mol. The Labute approximate surface area is 279 Å². The number of hydrogen-bond acceptors (Lipinski definition) is 2. The van der Waals surface area contributed by atoms with E-state index in [9.17, 15) is 0 Å². The molecule has 1 aliphatic heterocycles. The summed E-state index contributed by atoms with van der Waals surface area (Å²) in [4.78, 5) is 5.58. The number of likely N-dealkylation sites (N-methyl/N-ethyl adjacent to an activating group) is 2. The molecule has 0 N–H and O–H groups in total. The normalized spacial score (nSPS) is 15.4. The monoisotopic (exact) mass is 623 g/mol. The average Bonchev–Trinajstić information content (AvgIpc) is 3.06. The molecule has 264 valence electrons. The zero-order valence-electron chi connectivity index (χ0n) is 31.8. The molecule has 0 saturated carbocycles. The summed E-state index contributed by atoms with van der Waals surface area (Å²) in [6, 6.07) is 0. The van der Waals surface area contributed by atoms with Crippen LogP contribution in [0.5, 0.6) is 0 Å². The standard InChI is InChI=1S/C40H86N4/c1-7-13-15-17-19-21-23-25-27-29-37-43(9-3,10-4)39-35-41-31-33-42(34-32-41)36-40-44(11-5,12-6)38-30-28-26-24-22-20-18-16-14-8-2/h7-40H2,1-6H3/q+2. The molecule has 4 heteroatoms. The highest BCUT2D eigenvalue weighted by Crippen LogP contribution is 2.17. The second-order valence-corrected chi connectivity index (χ2v) is 14.9. The third kappa shape index (κ3) is 19.5. The van der Waals surface area contributed by atoms with E-state index in [1.165, 1.54) is 229 Å². The second-order valence-electron chi connectivity index (χ2n) is 14.9. The van der Waals surface area contributed by atoms with Gasteiger partial charge in [-0.3, -0.25) is 9.80 Å². The van der Waals surface area contributed by atoms with Crippen LogP contribution >= 0.6 is 0 Å². The first-order valence-electron chi connectivity index (χ1n) is 20.7. The third-order valence-electron chi connectivity index (χ3n) is 11.9. The molecule has 0 spiro atoms. The van der Waals surface area contributed by atoms with Crippen LogP contribution in [-0.4, -0.2) is 110 Å². The maximum Gasteiger partial charge on any atom is 0.0915 e. The van der Waals surface area contributed by atoms with Gasteiger partial charge in [0, 0.05) is 39.3 Å². The molecule has 1 heterocycles. The molecule has 1 saturated heterocycles. The highest BCUT2D eigenvalue weighted by Gasteiger charge is 2.27. The summed E-state index contributed by atoms with van der Waals surface area (Å²) in [5, 5.41) is 0. The number of hydrogen-bond donors (Lipinski definition) is 0. The van der Waals surface area contributed by atoms with Crippen molar-refractivity contribution >= 4 is 0 Å². The van der Waals surface area contributed by atoms with Crippen LogP contribution in [0.25, 0.3) is 0 Å². The number of rotatable bonds is 32. The van der Waals surface area contributed by atoms with Gasteiger partial charge in [0.15, 0.2) is 0 Å². The topological polar surface area (TPSA) is 6.48 Å². The molecule has 44 heavy (non-hydrogen) atoms. The summed E-state index contributed by atoms with van der Waals surface area (Å²) in [6.07, 6.45) is 28.9. The molecule has 1 aliphatic rings. The van der Waals surface area contributed by atoms with E-state index in [0.717, 1.165) is 0 Å². The highest BCUT2D eigenvalue weighted by molar-refractivity contribution is 4.72. The van der Waals surface area contributed by atoms with Gasteiger partial charge in [0.25, 0.3) is 0 Å². The fraction of sp³-hybridized carbons (Fsp3) is 1.00. The lowest BCUT2D eigenvalue weighted by Gasteiger charge is -2.42. The summed E-state index contributed by atoms with van der Waals surface area (Å²) in [5.74, 6) is 0. The fourth-order valence-electron chi connectivity index (χ4n) is 7.75. The zero-order chi connectivity index (χ0) is 32.2. The predicted octanol–water partition coefficient (Wildman–Crippen LogP) is 10.2. The minimum atomic E-state index is 1.28. The molecule has 1 rings (SSSR count). The van der Waals surface area contributed by atoms with Crippen LogP contribution < -0.4 is 0 Å². The zero-order valence-corrected chi connectivity index (χ0v) is 31.8. The molecule has 0 unspecified atom stereocenters. The number of piperazine rings is 1. The van der Waals surface area contributed by atoms with Crippen molar-refractivity contribution in [2.45, 2.75) is 170 Å². The van der Waals surface area contributed by atoms with Crippen molar-refractivity contribution in [3.05, 3.63) is 0 Å². The maximum absolute atomic E-state index is 2.79. The van der Waals surface area contributed by atoms with E-state index >= 15 is 0 Å². The van der Waals surface area contributed by atoms with E-state index < -0.39 is 0 Å². The van der Waals surface area contributed by atoms with Gasteiger partial charge in [-0.2, -0.15) is 0 Å². The Balaban J connectivity index is 2.24. The van der Waals surface area contributed by atoms with Crippen molar-refractivity contribution in [2.75, 3.05) is 91.6 Å². The first kappa shape index (κ1) is 41.9. The molecule has 0 radical (unpaired) electrons. The molecule has 0 aromatic rings. The Morgan fingerprint density at radius 3 is 0.818 bits per heavy atom. The van der Waals surface area contributed by atoms with Crippen LogP contribution in [0.4, 0.5) is 0 Å². The first-order valence-corrected chi connectivity index (χ1v) is 20.7. The van der Waals surface area contributed by atoms with Gasteiger partial charge in [-0.15, -0.1) is 0 Å². The Morgan fingerprint density at radius 1 is 0.318 bits per heavy atom. The van der Waals surface area contributed by atoms with Gasteiger partial charge in [-0.05, 0) is 53.4 Å². The van der Waals surface area contributed by atoms with E-state index in [4.69, 9.17) is 0 Å². The van der Waals surface area contributed by atoms with E-state index in [2.05, 4.69) is 51.3 Å². The first-order chi connectivity index (χ1) is 21.5. The molecular weight excluding hydrogens is 536 g/mol. The molecule has 0 amide bonds. The molecule has 1 fully saturated rings. The van der Waals surface area contributed by atoms with E-state index in [-0.39, 0.29) is 0 Å². The third-order valence-corrected chi connectivity index (χ3v) is 11.9. The van der Waals surface area contributed by atoms with Crippen LogP contribution in [0.15, 0.2) is 0 Å². The Hall–Kier alpha value is -0.160. The van der Waals surface area contributed by atoms with Crippen LogP contribution in [0.3, 0.4) is 0 Å². The van der Waals surface area contributed by atoms with Crippen molar-refractivity contribution < 1.29 is 8.97 Å². The lowest BCUT2D eigenvalue weighted by molar-refractivity contribution is -0.924. The SMILES string of the molecule is CCCCCCCCCCCC[N+](CC)(CC)CCN1CCN(CC[N+](CC)(CC)CCCCCCCCCCCC)CC1. The maximum atomic E-state index is 2.79. The van der Waals surface area contributed by atoms with Gasteiger partial charge in [-0.1, -0.05) is 117 Å². The summed E-state index contributed by atoms with van der Waals surface area (Å²) >= 11 is 0. The fourth-order valence-corrected chi connectivity index (χ4v) is 7.75. The second kappa shape index (κ2) is 27.9. The molecule has 0 bridgehead atoms. The Kier molecular flexibility index (Phi) is 26.6. The smallest absolute Gasteiger partial charge is 0.0915 e. The molecule has 0 atom stereocenters. The van der Waals surface area contributed by atoms with Crippen LogP contribution in [0.2, 0.25) is 0 Å². The summed E-state index contributed by atoms with van der Waals surface area (Å²) < 4.78 is 2.67. The molecule has 4 nitrogen and oxygen atoms in total. The Morgan fingerprint density at radius 2 is 0.568 bits per heavy atom.